The van der Waals surface area contributed by atoms with Crippen molar-refractivity contribution >= 4 is 8.69 Å². The molecule has 0 aromatic heterocycles. The summed E-state index contributed by atoms with van der Waals surface area (Å²) < 4.78 is 8.35. The van der Waals surface area contributed by atoms with Crippen molar-refractivity contribution in [2.45, 2.75) is 0 Å². The molecule has 0 unspecified atom stereocenters. The molecule has 0 rings (SSSR count). The Bertz CT molecular complexity index is 13.5. The summed E-state index contributed by atoms with van der Waals surface area (Å²) in [6.07, 6.45) is 0. The quantitative estimate of drug-likeness (QED) is 0.378. The molecule has 0 aromatic carbocycles. The second-order valence-electron chi connectivity index (χ2n) is 0.0745. The Labute approximate surface area is 84.7 Å². The topological polar surface area (TPSA) is 40.1 Å². The Hall–Kier alpha value is 2.11. The Kier molecular flexibility index (Phi) is 21.1. The fourth-order valence-corrected chi connectivity index (χ4v) is 0. The van der Waals surface area contributed by atoms with Crippen molar-refractivity contribution in [1.29, 1.82) is 0 Å². The van der Waals surface area contributed by atoms with Gasteiger partial charge in [0.05, 0.1) is 8.69 Å². The molecular formula is CsO2P. The molecule has 0 aliphatic heterocycles. The summed E-state index contributed by atoms with van der Waals surface area (Å²) >= 11 is 0. The van der Waals surface area contributed by atoms with Crippen LogP contribution in [0.4, 0.5) is 0 Å². The summed E-state index contributed by atoms with van der Waals surface area (Å²) in [6, 6.07) is 0. The van der Waals surface area contributed by atoms with Crippen molar-refractivity contribution in [3.05, 3.63) is 0 Å². The fourth-order valence-electron chi connectivity index (χ4n) is 0. The molecule has 0 N–H and O–H groups in total. The van der Waals surface area contributed by atoms with Gasteiger partial charge in [-0.2, -0.15) is 0 Å². The summed E-state index contributed by atoms with van der Waals surface area (Å²) in [5, 5.41) is 0. The average molecular weight is 196 g/mol. The van der Waals surface area contributed by atoms with Crippen molar-refractivity contribution in [2.24, 2.45) is 0 Å². The van der Waals surface area contributed by atoms with E-state index in [9.17, 15) is 0 Å². The molecular weight excluding hydrogens is 196 g/mol. The van der Waals surface area contributed by atoms with Crippen LogP contribution in [0.1, 0.15) is 0 Å². The van der Waals surface area contributed by atoms with Gasteiger partial charge in [-0.1, -0.05) is 0 Å². The Morgan fingerprint density at radius 1 is 1.75 bits per heavy atom. The number of hydrogen-bond acceptors (Lipinski definition) is 2. The van der Waals surface area contributed by atoms with Gasteiger partial charge in [-0.05, 0) is 0 Å². The third-order valence-corrected chi connectivity index (χ3v) is 0. The van der Waals surface area contributed by atoms with Crippen molar-refractivity contribution in [3.8, 4) is 0 Å². The van der Waals surface area contributed by atoms with E-state index in [2.05, 4.69) is 0 Å². The van der Waals surface area contributed by atoms with Crippen molar-refractivity contribution in [3.63, 3.8) is 0 Å². The minimum absolute atomic E-state index is 0. The minimum Gasteiger partial charge on any atom is -0.772 e. The molecule has 0 radical (unpaired) electrons. The molecule has 0 aliphatic carbocycles. The monoisotopic (exact) mass is 196 g/mol. The largest absolute Gasteiger partial charge is 1.00 e. The first kappa shape index (κ1) is 9.45. The predicted molar refractivity (Wildman–Crippen MR) is 7.61 cm³/mol. The van der Waals surface area contributed by atoms with Gasteiger partial charge in [0.15, 0.2) is 0 Å². The number of hydrogen-bond donors (Lipinski definition) is 0. The van der Waals surface area contributed by atoms with E-state index in [-0.39, 0.29) is 68.9 Å². The van der Waals surface area contributed by atoms with E-state index in [0.29, 0.717) is 0 Å². The standard InChI is InChI=1S/Cs.HO2P/c;1-3-2/h;(H,1,2)/q+1;/p-1. The molecule has 4 heavy (non-hydrogen) atoms. The zero-order valence-corrected chi connectivity index (χ0v) is 9.44. The van der Waals surface area contributed by atoms with Gasteiger partial charge in [-0.15, -0.1) is 0 Å². The third-order valence-electron chi connectivity index (χ3n) is 0. The van der Waals surface area contributed by atoms with Gasteiger partial charge in [0.1, 0.15) is 0 Å². The first-order valence-corrected chi connectivity index (χ1v) is 1.10. The van der Waals surface area contributed by atoms with Crippen LogP contribution in [0.3, 0.4) is 0 Å². The molecule has 0 aliphatic rings. The van der Waals surface area contributed by atoms with Crippen LogP contribution in [-0.2, 0) is 4.57 Å². The second-order valence-corrected chi connectivity index (χ2v) is 0.224. The molecule has 0 aromatic rings. The summed E-state index contributed by atoms with van der Waals surface area (Å²) in [5.74, 6) is 0. The Morgan fingerprint density at radius 2 is 1.75 bits per heavy atom. The maximum Gasteiger partial charge on any atom is 1.00 e. The van der Waals surface area contributed by atoms with Crippen LogP contribution in [0.5, 0.6) is 0 Å². The Balaban J connectivity index is 0. The van der Waals surface area contributed by atoms with E-state index < -0.39 is 8.69 Å². The van der Waals surface area contributed by atoms with Crippen LogP contribution in [0.25, 0.3) is 0 Å². The first-order chi connectivity index (χ1) is 1.41. The van der Waals surface area contributed by atoms with Crippen LogP contribution in [0.2, 0.25) is 0 Å². The molecule has 0 spiro atoms. The molecule has 18 valence electrons. The zero-order chi connectivity index (χ0) is 2.71. The zero-order valence-electron chi connectivity index (χ0n) is 2.26. The smallest absolute Gasteiger partial charge is 0.772 e. The predicted octanol–water partition coefficient (Wildman–Crippen LogP) is -3.44. The van der Waals surface area contributed by atoms with E-state index in [4.69, 9.17) is 9.46 Å². The molecule has 0 atom stereocenters. The first-order valence-electron chi connectivity index (χ1n) is 0.365. The Morgan fingerprint density at radius 3 is 1.75 bits per heavy atom. The minimum atomic E-state index is -1.08. The van der Waals surface area contributed by atoms with Gasteiger partial charge in [0.2, 0.25) is 0 Å². The van der Waals surface area contributed by atoms with Gasteiger partial charge < -0.3 is 4.89 Å². The molecule has 0 heterocycles. The van der Waals surface area contributed by atoms with Gasteiger partial charge in [0, 0.05) is 0 Å². The normalized spacial score (nSPS) is 5.25. The summed E-state index contributed by atoms with van der Waals surface area (Å²) in [7, 11) is -1.08. The molecule has 0 saturated heterocycles. The SMILES string of the molecule is O=P[O-].[Cs+]. The van der Waals surface area contributed by atoms with Crippen LogP contribution in [0.15, 0.2) is 0 Å². The number of rotatable bonds is 0. The van der Waals surface area contributed by atoms with E-state index in [1.807, 2.05) is 0 Å². The summed E-state index contributed by atoms with van der Waals surface area (Å²) in [5.41, 5.74) is 0. The molecule has 4 heteroatoms. The van der Waals surface area contributed by atoms with Crippen LogP contribution < -0.4 is 73.8 Å². The van der Waals surface area contributed by atoms with Gasteiger partial charge in [-0.25, -0.2) is 0 Å². The van der Waals surface area contributed by atoms with E-state index in [1.54, 1.807) is 0 Å². The molecule has 0 amide bonds. The van der Waals surface area contributed by atoms with Crippen LogP contribution >= 0.6 is 8.69 Å². The summed E-state index contributed by atoms with van der Waals surface area (Å²) in [4.78, 5) is 8.35. The van der Waals surface area contributed by atoms with Crippen LogP contribution in [-0.4, -0.2) is 0 Å². The van der Waals surface area contributed by atoms with Crippen LogP contribution in [0, 0.1) is 0 Å². The molecule has 0 saturated carbocycles. The maximum atomic E-state index is 8.35. The van der Waals surface area contributed by atoms with Gasteiger partial charge in [-0.3, -0.25) is 4.57 Å². The fraction of sp³-hybridized carbons (Fsp3) is 0. The van der Waals surface area contributed by atoms with Gasteiger partial charge in [0.25, 0.3) is 0 Å². The van der Waals surface area contributed by atoms with Gasteiger partial charge >= 0.3 is 68.9 Å². The average Bonchev–Trinajstić information content (AvgIpc) is 0.918. The molecule has 0 bridgehead atoms. The van der Waals surface area contributed by atoms with Crippen molar-refractivity contribution in [1.82, 2.24) is 0 Å². The molecule has 0 fully saturated rings. The van der Waals surface area contributed by atoms with Crippen molar-refractivity contribution in [2.75, 3.05) is 0 Å². The third kappa shape index (κ3) is 8.93. The summed E-state index contributed by atoms with van der Waals surface area (Å²) in [6.45, 7) is 0. The van der Waals surface area contributed by atoms with E-state index >= 15 is 0 Å². The molecule has 2 nitrogen and oxygen atoms in total. The van der Waals surface area contributed by atoms with E-state index in [1.165, 1.54) is 0 Å². The van der Waals surface area contributed by atoms with E-state index in [0.717, 1.165) is 0 Å². The second kappa shape index (κ2) is 8.93. The maximum absolute atomic E-state index is 8.35. The van der Waals surface area contributed by atoms with Crippen molar-refractivity contribution < 1.29 is 78.4 Å².